The average Bonchev–Trinajstić information content (AvgIpc) is 2.33. The van der Waals surface area contributed by atoms with Gasteiger partial charge in [-0.05, 0) is 11.1 Å². The number of aliphatic hydroxyl groups is 1. The van der Waals surface area contributed by atoms with Crippen molar-refractivity contribution in [3.05, 3.63) is 42.0 Å². The number of likely N-dealkylation sites (N-methyl/N-ethyl adjacent to an activating group) is 1. The minimum Gasteiger partial charge on any atom is -0.396 e. The van der Waals surface area contributed by atoms with Crippen molar-refractivity contribution < 1.29 is 9.90 Å². The molecule has 0 radical (unpaired) electrons. The van der Waals surface area contributed by atoms with Gasteiger partial charge in [-0.15, -0.1) is 0 Å². The Bertz CT molecular complexity index is 411. The summed E-state index contributed by atoms with van der Waals surface area (Å²) in [5.41, 5.74) is 1.95. The van der Waals surface area contributed by atoms with Gasteiger partial charge in [0.15, 0.2) is 0 Å². The molecule has 1 atom stereocenters. The van der Waals surface area contributed by atoms with Crippen LogP contribution in [0.5, 0.6) is 0 Å². The smallest absolute Gasteiger partial charge is 0.246 e. The second-order valence-corrected chi connectivity index (χ2v) is 4.06. The number of amides is 1. The van der Waals surface area contributed by atoms with E-state index in [9.17, 15) is 9.90 Å². The van der Waals surface area contributed by atoms with E-state index in [-0.39, 0.29) is 18.4 Å². The maximum atomic E-state index is 11.6. The molecule has 0 bridgehead atoms. The van der Waals surface area contributed by atoms with Crippen LogP contribution in [-0.4, -0.2) is 36.1 Å². The Kier molecular flexibility index (Phi) is 3.06. The molecule has 0 aromatic heterocycles. The Morgan fingerprint density at radius 2 is 2.06 bits per heavy atom. The molecule has 0 spiro atoms. The minimum absolute atomic E-state index is 0.00329. The molecule has 3 nitrogen and oxygen atoms in total. The molecule has 1 aliphatic rings. The molecular weight excluding hydrogens is 202 g/mol. The van der Waals surface area contributed by atoms with Gasteiger partial charge >= 0.3 is 0 Å². The summed E-state index contributed by atoms with van der Waals surface area (Å²) in [5.74, 6) is 0.0219. The lowest BCUT2D eigenvalue weighted by molar-refractivity contribution is -0.125. The van der Waals surface area contributed by atoms with Crippen molar-refractivity contribution in [3.63, 3.8) is 0 Å². The summed E-state index contributed by atoms with van der Waals surface area (Å²) in [7, 11) is 1.75. The van der Waals surface area contributed by atoms with Crippen molar-refractivity contribution in [2.24, 2.45) is 5.92 Å². The summed E-state index contributed by atoms with van der Waals surface area (Å²) in [6, 6.07) is 9.75. The second kappa shape index (κ2) is 4.49. The number of hydrogen-bond acceptors (Lipinski definition) is 2. The number of aliphatic hydroxyl groups excluding tert-OH is 1. The topological polar surface area (TPSA) is 40.5 Å². The zero-order chi connectivity index (χ0) is 11.5. The van der Waals surface area contributed by atoms with Gasteiger partial charge < -0.3 is 10.0 Å². The van der Waals surface area contributed by atoms with Crippen LogP contribution in [0.3, 0.4) is 0 Å². The summed E-state index contributed by atoms with van der Waals surface area (Å²) < 4.78 is 0. The fourth-order valence-electron chi connectivity index (χ4n) is 1.99. The molecule has 3 heteroatoms. The molecule has 16 heavy (non-hydrogen) atoms. The maximum absolute atomic E-state index is 11.6. The second-order valence-electron chi connectivity index (χ2n) is 4.06. The highest BCUT2D eigenvalue weighted by molar-refractivity contribution is 5.97. The molecule has 1 aromatic rings. The summed E-state index contributed by atoms with van der Waals surface area (Å²) in [6.45, 7) is 0.647. The zero-order valence-corrected chi connectivity index (χ0v) is 9.26. The van der Waals surface area contributed by atoms with Gasteiger partial charge in [0.25, 0.3) is 0 Å². The highest BCUT2D eigenvalue weighted by Crippen LogP contribution is 2.27. The van der Waals surface area contributed by atoms with Crippen molar-refractivity contribution in [2.45, 2.75) is 0 Å². The average molecular weight is 217 g/mol. The fraction of sp³-hybridized carbons (Fsp3) is 0.308. The predicted octanol–water partition coefficient (Wildman–Crippen LogP) is 1.15. The van der Waals surface area contributed by atoms with Gasteiger partial charge in [0.05, 0.1) is 6.61 Å². The van der Waals surface area contributed by atoms with Crippen molar-refractivity contribution in [2.75, 3.05) is 20.2 Å². The largest absolute Gasteiger partial charge is 0.396 e. The molecule has 1 aromatic carbocycles. The molecule has 0 saturated carbocycles. The van der Waals surface area contributed by atoms with Crippen molar-refractivity contribution >= 4 is 11.5 Å². The first-order valence-corrected chi connectivity index (χ1v) is 5.35. The standard InChI is InChI=1S/C13H15NO2/c1-14-8-11(9-15)12(7-13(14)16)10-5-3-2-4-6-10/h2-7,11,15H,8-9H2,1H3. The summed E-state index contributed by atoms with van der Waals surface area (Å²) in [6.07, 6.45) is 1.62. The van der Waals surface area contributed by atoms with Crippen molar-refractivity contribution in [3.8, 4) is 0 Å². The molecule has 1 aliphatic heterocycles. The normalized spacial score (nSPS) is 20.9. The third kappa shape index (κ3) is 1.99. The van der Waals surface area contributed by atoms with Crippen LogP contribution >= 0.6 is 0 Å². The number of hydrogen-bond donors (Lipinski definition) is 1. The van der Waals surface area contributed by atoms with Gasteiger partial charge in [-0.25, -0.2) is 0 Å². The lowest BCUT2D eigenvalue weighted by Crippen LogP contribution is -2.36. The van der Waals surface area contributed by atoms with Gasteiger partial charge in [-0.2, -0.15) is 0 Å². The van der Waals surface area contributed by atoms with E-state index in [2.05, 4.69) is 0 Å². The van der Waals surface area contributed by atoms with Crippen LogP contribution in [0.4, 0.5) is 0 Å². The monoisotopic (exact) mass is 217 g/mol. The van der Waals surface area contributed by atoms with E-state index >= 15 is 0 Å². The Hall–Kier alpha value is -1.61. The molecular formula is C13H15NO2. The fourth-order valence-corrected chi connectivity index (χ4v) is 1.99. The molecule has 1 heterocycles. The molecule has 1 N–H and O–H groups in total. The van der Waals surface area contributed by atoms with Crippen LogP contribution in [0.1, 0.15) is 5.56 Å². The number of benzene rings is 1. The Labute approximate surface area is 95.0 Å². The van der Waals surface area contributed by atoms with Crippen LogP contribution < -0.4 is 0 Å². The number of carbonyl (C=O) groups is 1. The quantitative estimate of drug-likeness (QED) is 0.807. The summed E-state index contributed by atoms with van der Waals surface area (Å²) in [4.78, 5) is 13.2. The highest BCUT2D eigenvalue weighted by atomic mass is 16.3. The molecule has 0 aliphatic carbocycles. The van der Waals surface area contributed by atoms with Crippen LogP contribution in [0.15, 0.2) is 36.4 Å². The van der Waals surface area contributed by atoms with Crippen LogP contribution in [0.25, 0.3) is 5.57 Å². The van der Waals surface area contributed by atoms with E-state index in [0.29, 0.717) is 6.54 Å². The first-order chi connectivity index (χ1) is 7.72. The van der Waals surface area contributed by atoms with E-state index in [0.717, 1.165) is 11.1 Å². The predicted molar refractivity (Wildman–Crippen MR) is 62.6 cm³/mol. The Balaban J connectivity index is 2.38. The van der Waals surface area contributed by atoms with Gasteiger partial charge in [0.2, 0.25) is 5.91 Å². The van der Waals surface area contributed by atoms with Crippen LogP contribution in [-0.2, 0) is 4.79 Å². The number of nitrogens with zero attached hydrogens (tertiary/aromatic N) is 1. The van der Waals surface area contributed by atoms with Gasteiger partial charge in [-0.3, -0.25) is 4.79 Å². The van der Waals surface area contributed by atoms with Gasteiger partial charge in [-0.1, -0.05) is 30.3 Å². The zero-order valence-electron chi connectivity index (χ0n) is 9.26. The number of rotatable bonds is 2. The molecule has 0 fully saturated rings. The SMILES string of the molecule is CN1CC(CO)C(c2ccccc2)=CC1=O. The van der Waals surface area contributed by atoms with E-state index in [4.69, 9.17) is 0 Å². The minimum atomic E-state index is 0.00329. The Morgan fingerprint density at radius 3 is 2.69 bits per heavy atom. The van der Waals surface area contributed by atoms with E-state index in [1.807, 2.05) is 30.3 Å². The first-order valence-electron chi connectivity index (χ1n) is 5.35. The van der Waals surface area contributed by atoms with E-state index in [1.165, 1.54) is 0 Å². The molecule has 0 saturated heterocycles. The molecule has 1 amide bonds. The lowest BCUT2D eigenvalue weighted by atomic mass is 9.89. The molecule has 2 rings (SSSR count). The maximum Gasteiger partial charge on any atom is 0.246 e. The summed E-state index contributed by atoms with van der Waals surface area (Å²) >= 11 is 0. The lowest BCUT2D eigenvalue weighted by Gasteiger charge is -2.29. The Morgan fingerprint density at radius 1 is 1.38 bits per heavy atom. The van der Waals surface area contributed by atoms with Crippen LogP contribution in [0, 0.1) is 5.92 Å². The van der Waals surface area contributed by atoms with Crippen molar-refractivity contribution in [1.29, 1.82) is 0 Å². The summed E-state index contributed by atoms with van der Waals surface area (Å²) in [5, 5.41) is 9.35. The van der Waals surface area contributed by atoms with E-state index < -0.39 is 0 Å². The third-order valence-corrected chi connectivity index (χ3v) is 2.92. The molecule has 1 unspecified atom stereocenters. The van der Waals surface area contributed by atoms with Gasteiger partial charge in [0, 0.05) is 25.6 Å². The first kappa shape index (κ1) is 10.9. The van der Waals surface area contributed by atoms with Crippen molar-refractivity contribution in [1.82, 2.24) is 4.90 Å². The highest BCUT2D eigenvalue weighted by Gasteiger charge is 2.24. The van der Waals surface area contributed by atoms with Crippen LogP contribution in [0.2, 0.25) is 0 Å². The molecule has 84 valence electrons. The number of carbonyl (C=O) groups excluding carboxylic acids is 1. The van der Waals surface area contributed by atoms with E-state index in [1.54, 1.807) is 18.0 Å². The third-order valence-electron chi connectivity index (χ3n) is 2.92. The van der Waals surface area contributed by atoms with Gasteiger partial charge in [0.1, 0.15) is 0 Å².